The molecule has 2 rings (SSSR count). The molecule has 0 radical (unpaired) electrons. The molecule has 2 aromatic rings. The molecule has 90 valence electrons. The topological polar surface area (TPSA) is 64.9 Å². The van der Waals surface area contributed by atoms with Gasteiger partial charge in [-0.1, -0.05) is 6.92 Å². The molecule has 0 aromatic carbocycles. The molecule has 2 heterocycles. The molecule has 0 aliphatic heterocycles. The summed E-state index contributed by atoms with van der Waals surface area (Å²) in [5.74, 6) is 1.37. The number of nitrogens with two attached hydrogens (primary N) is 1. The van der Waals surface area contributed by atoms with Crippen LogP contribution in [0.2, 0.25) is 0 Å². The third-order valence-electron chi connectivity index (χ3n) is 2.77. The number of aromatic nitrogens is 2. The van der Waals surface area contributed by atoms with Crippen molar-refractivity contribution in [2.24, 2.45) is 5.73 Å². The van der Waals surface area contributed by atoms with E-state index in [0.29, 0.717) is 5.82 Å². The van der Waals surface area contributed by atoms with Crippen LogP contribution in [-0.4, -0.2) is 16.0 Å². The molecule has 2 N–H and O–H groups in total. The third-order valence-corrected chi connectivity index (χ3v) is 2.77. The molecule has 0 aliphatic rings. The summed E-state index contributed by atoms with van der Waals surface area (Å²) < 4.78 is 5.38. The van der Waals surface area contributed by atoms with Gasteiger partial charge in [0.25, 0.3) is 0 Å². The molecular formula is C13H17N3O. The Morgan fingerprint density at radius 1 is 1.41 bits per heavy atom. The Hall–Kier alpha value is -1.68. The van der Waals surface area contributed by atoms with Gasteiger partial charge in [0.05, 0.1) is 6.26 Å². The van der Waals surface area contributed by atoms with Gasteiger partial charge in [0.15, 0.2) is 11.6 Å². The van der Waals surface area contributed by atoms with Gasteiger partial charge in [-0.25, -0.2) is 9.97 Å². The molecule has 2 aromatic heterocycles. The maximum absolute atomic E-state index is 5.92. The van der Waals surface area contributed by atoms with Gasteiger partial charge >= 0.3 is 0 Å². The first-order chi connectivity index (χ1) is 8.20. The van der Waals surface area contributed by atoms with Crippen LogP contribution in [0.1, 0.15) is 24.6 Å². The van der Waals surface area contributed by atoms with Crippen molar-refractivity contribution in [1.29, 1.82) is 0 Å². The molecule has 0 spiro atoms. The lowest BCUT2D eigenvalue weighted by molar-refractivity contribution is 0.573. The summed E-state index contributed by atoms with van der Waals surface area (Å²) in [6.45, 7) is 4.05. The Labute approximate surface area is 101 Å². The summed E-state index contributed by atoms with van der Waals surface area (Å²) >= 11 is 0. The van der Waals surface area contributed by atoms with Crippen LogP contribution in [0.25, 0.3) is 11.6 Å². The van der Waals surface area contributed by atoms with Crippen LogP contribution in [0.4, 0.5) is 0 Å². The van der Waals surface area contributed by atoms with E-state index >= 15 is 0 Å². The average molecular weight is 231 g/mol. The summed E-state index contributed by atoms with van der Waals surface area (Å²) in [5, 5.41) is 0. The molecule has 0 bridgehead atoms. The molecule has 4 nitrogen and oxygen atoms in total. The summed E-state index contributed by atoms with van der Waals surface area (Å²) in [4.78, 5) is 8.71. The number of hydrogen-bond acceptors (Lipinski definition) is 4. The highest BCUT2D eigenvalue weighted by Gasteiger charge is 2.10. The second-order valence-electron chi connectivity index (χ2n) is 4.18. The van der Waals surface area contributed by atoms with Crippen LogP contribution in [0, 0.1) is 6.92 Å². The smallest absolute Gasteiger partial charge is 0.196 e. The maximum atomic E-state index is 5.92. The summed E-state index contributed by atoms with van der Waals surface area (Å²) in [5.41, 5.74) is 7.92. The minimum atomic E-state index is 0.149. The largest absolute Gasteiger partial charge is 0.461 e. The normalized spacial score (nSPS) is 12.6. The van der Waals surface area contributed by atoms with Crippen molar-refractivity contribution in [3.63, 3.8) is 0 Å². The number of hydrogen-bond donors (Lipinski definition) is 1. The van der Waals surface area contributed by atoms with E-state index in [2.05, 4.69) is 16.9 Å². The van der Waals surface area contributed by atoms with Crippen LogP contribution >= 0.6 is 0 Å². The lowest BCUT2D eigenvalue weighted by Crippen LogP contribution is -2.22. The van der Waals surface area contributed by atoms with E-state index in [1.54, 1.807) is 12.5 Å². The van der Waals surface area contributed by atoms with E-state index < -0.39 is 0 Å². The van der Waals surface area contributed by atoms with Crippen LogP contribution in [0.15, 0.2) is 29.0 Å². The lowest BCUT2D eigenvalue weighted by Gasteiger charge is -2.08. The summed E-state index contributed by atoms with van der Waals surface area (Å²) in [6.07, 6.45) is 5.12. The first-order valence-corrected chi connectivity index (χ1v) is 5.82. The molecule has 4 heteroatoms. The number of nitrogens with zero attached hydrogens (tertiary/aromatic N) is 2. The number of furan rings is 1. The number of aryl methyl sites for hydroxylation is 1. The third kappa shape index (κ3) is 2.71. The molecule has 0 saturated carbocycles. The Morgan fingerprint density at radius 2 is 2.24 bits per heavy atom. The SMILES string of the molecule is CCC(N)Cc1ccnc(-c2occc2C)n1. The fourth-order valence-corrected chi connectivity index (χ4v) is 1.63. The zero-order valence-electron chi connectivity index (χ0n) is 10.2. The van der Waals surface area contributed by atoms with Gasteiger partial charge in [0, 0.05) is 24.4 Å². The molecular weight excluding hydrogens is 214 g/mol. The zero-order chi connectivity index (χ0) is 12.3. The minimum Gasteiger partial charge on any atom is -0.461 e. The van der Waals surface area contributed by atoms with Crippen LogP contribution in [0.5, 0.6) is 0 Å². The first kappa shape index (κ1) is 11.8. The predicted octanol–water partition coefficient (Wildman–Crippen LogP) is 2.32. The highest BCUT2D eigenvalue weighted by atomic mass is 16.3. The number of rotatable bonds is 4. The Morgan fingerprint density at radius 3 is 2.88 bits per heavy atom. The quantitative estimate of drug-likeness (QED) is 0.877. The van der Waals surface area contributed by atoms with Gasteiger partial charge in [0.2, 0.25) is 0 Å². The van der Waals surface area contributed by atoms with Crippen molar-refractivity contribution >= 4 is 0 Å². The maximum Gasteiger partial charge on any atom is 0.196 e. The van der Waals surface area contributed by atoms with Crippen molar-refractivity contribution in [3.8, 4) is 11.6 Å². The molecule has 1 atom stereocenters. The summed E-state index contributed by atoms with van der Waals surface area (Å²) in [7, 11) is 0. The summed E-state index contributed by atoms with van der Waals surface area (Å²) in [6, 6.07) is 3.95. The second-order valence-corrected chi connectivity index (χ2v) is 4.18. The van der Waals surface area contributed by atoms with E-state index in [1.165, 1.54) is 0 Å². The predicted molar refractivity (Wildman–Crippen MR) is 66.4 cm³/mol. The fourth-order valence-electron chi connectivity index (χ4n) is 1.63. The molecule has 0 saturated heterocycles. The van der Waals surface area contributed by atoms with Gasteiger partial charge in [-0.15, -0.1) is 0 Å². The van der Waals surface area contributed by atoms with Gasteiger partial charge in [-0.2, -0.15) is 0 Å². The van der Waals surface area contributed by atoms with Gasteiger partial charge < -0.3 is 10.2 Å². The van der Waals surface area contributed by atoms with Crippen LogP contribution in [0.3, 0.4) is 0 Å². The van der Waals surface area contributed by atoms with Crippen molar-refractivity contribution in [3.05, 3.63) is 35.9 Å². The lowest BCUT2D eigenvalue weighted by atomic mass is 10.1. The van der Waals surface area contributed by atoms with E-state index in [1.807, 2.05) is 19.1 Å². The highest BCUT2D eigenvalue weighted by molar-refractivity contribution is 5.51. The average Bonchev–Trinajstić information content (AvgIpc) is 2.75. The standard InChI is InChI=1S/C13H17N3O/c1-3-10(14)8-11-4-6-15-13(16-11)12-9(2)5-7-17-12/h4-7,10H,3,8,14H2,1-2H3. The monoisotopic (exact) mass is 231 g/mol. The van der Waals surface area contributed by atoms with E-state index in [0.717, 1.165) is 29.9 Å². The highest BCUT2D eigenvalue weighted by Crippen LogP contribution is 2.20. The van der Waals surface area contributed by atoms with Gasteiger partial charge in [-0.3, -0.25) is 0 Å². The first-order valence-electron chi connectivity index (χ1n) is 5.82. The van der Waals surface area contributed by atoms with Gasteiger partial charge in [0.1, 0.15) is 0 Å². The Bertz CT molecular complexity index is 493. The van der Waals surface area contributed by atoms with Crippen LogP contribution < -0.4 is 5.73 Å². The van der Waals surface area contributed by atoms with Crippen LogP contribution in [-0.2, 0) is 6.42 Å². The Kier molecular flexibility index (Phi) is 3.54. The van der Waals surface area contributed by atoms with Crippen molar-refractivity contribution in [1.82, 2.24) is 9.97 Å². The van der Waals surface area contributed by atoms with E-state index in [-0.39, 0.29) is 6.04 Å². The molecule has 17 heavy (non-hydrogen) atoms. The molecule has 1 unspecified atom stereocenters. The van der Waals surface area contributed by atoms with E-state index in [4.69, 9.17) is 10.2 Å². The fraction of sp³-hybridized carbons (Fsp3) is 0.385. The molecule has 0 fully saturated rings. The zero-order valence-corrected chi connectivity index (χ0v) is 10.2. The van der Waals surface area contributed by atoms with Gasteiger partial charge in [-0.05, 0) is 31.0 Å². The van der Waals surface area contributed by atoms with Crippen molar-refractivity contribution < 1.29 is 4.42 Å². The second kappa shape index (κ2) is 5.10. The molecule has 0 amide bonds. The minimum absolute atomic E-state index is 0.149. The van der Waals surface area contributed by atoms with Crippen molar-refractivity contribution in [2.45, 2.75) is 32.7 Å². The van der Waals surface area contributed by atoms with Crippen molar-refractivity contribution in [2.75, 3.05) is 0 Å². The van der Waals surface area contributed by atoms with E-state index in [9.17, 15) is 0 Å². The molecule has 0 aliphatic carbocycles. The Balaban J connectivity index is 2.26.